The molecule has 6 heteroatoms. The Labute approximate surface area is 79.2 Å². The van der Waals surface area contributed by atoms with Crippen LogP contribution in [0, 0.1) is 0 Å². The number of anilines is 1. The minimum Gasteiger partial charge on any atom is -0.368 e. The van der Waals surface area contributed by atoms with Crippen LogP contribution in [0.15, 0.2) is 24.8 Å². The molecule has 2 rings (SSSR count). The van der Waals surface area contributed by atoms with Crippen LogP contribution in [-0.2, 0) is 0 Å². The van der Waals surface area contributed by atoms with Gasteiger partial charge < -0.3 is 5.73 Å². The zero-order valence-corrected chi connectivity index (χ0v) is 7.31. The minimum atomic E-state index is 0.149. The molecule has 0 aliphatic rings. The van der Waals surface area contributed by atoms with Crippen LogP contribution in [0.1, 0.15) is 0 Å². The average molecular weight is 196 g/mol. The predicted molar refractivity (Wildman–Crippen MR) is 48.6 cm³/mol. The van der Waals surface area contributed by atoms with Crippen LogP contribution < -0.4 is 5.73 Å². The van der Waals surface area contributed by atoms with Crippen LogP contribution in [-0.4, -0.2) is 19.5 Å². The van der Waals surface area contributed by atoms with Gasteiger partial charge in [-0.05, 0) is 0 Å². The van der Waals surface area contributed by atoms with E-state index in [1.54, 1.807) is 29.4 Å². The van der Waals surface area contributed by atoms with Gasteiger partial charge >= 0.3 is 0 Å². The molecular weight excluding hydrogens is 190 g/mol. The second-order valence-electron chi connectivity index (χ2n) is 2.38. The average Bonchev–Trinajstić information content (AvgIpc) is 2.53. The van der Waals surface area contributed by atoms with Crippen molar-refractivity contribution in [3.8, 4) is 5.82 Å². The molecule has 0 spiro atoms. The van der Waals surface area contributed by atoms with Gasteiger partial charge in [-0.2, -0.15) is 4.98 Å². The van der Waals surface area contributed by atoms with Crippen LogP contribution in [0.3, 0.4) is 0 Å². The zero-order valence-electron chi connectivity index (χ0n) is 6.55. The number of aromatic nitrogens is 4. The maximum absolute atomic E-state index is 5.70. The second kappa shape index (κ2) is 3.02. The van der Waals surface area contributed by atoms with Gasteiger partial charge in [-0.15, -0.1) is 0 Å². The summed E-state index contributed by atoms with van der Waals surface area (Å²) in [7, 11) is 0. The summed E-state index contributed by atoms with van der Waals surface area (Å²) in [6.45, 7) is 0. The van der Waals surface area contributed by atoms with E-state index < -0.39 is 0 Å². The van der Waals surface area contributed by atoms with Crippen molar-refractivity contribution < 1.29 is 0 Å². The molecule has 0 atom stereocenters. The number of hydrogen-bond donors (Lipinski definition) is 1. The molecule has 0 unspecified atom stereocenters. The van der Waals surface area contributed by atoms with Gasteiger partial charge in [0.15, 0.2) is 0 Å². The zero-order chi connectivity index (χ0) is 9.26. The molecule has 0 radical (unpaired) electrons. The van der Waals surface area contributed by atoms with Crippen molar-refractivity contribution in [2.45, 2.75) is 0 Å². The van der Waals surface area contributed by atoms with E-state index in [0.29, 0.717) is 11.0 Å². The van der Waals surface area contributed by atoms with Gasteiger partial charge in [0.2, 0.25) is 5.95 Å². The molecule has 0 fully saturated rings. The van der Waals surface area contributed by atoms with E-state index in [1.165, 1.54) is 0 Å². The molecule has 2 N–H and O–H groups in total. The van der Waals surface area contributed by atoms with Crippen molar-refractivity contribution >= 4 is 17.5 Å². The molecular formula is C7H6ClN5. The van der Waals surface area contributed by atoms with Crippen molar-refractivity contribution in [3.63, 3.8) is 0 Å². The van der Waals surface area contributed by atoms with Gasteiger partial charge in [-0.25, -0.2) is 9.97 Å². The topological polar surface area (TPSA) is 69.6 Å². The predicted octanol–water partition coefficient (Wildman–Crippen LogP) is 0.898. The lowest BCUT2D eigenvalue weighted by molar-refractivity contribution is 0.978. The minimum absolute atomic E-state index is 0.149. The number of rotatable bonds is 1. The number of imidazole rings is 1. The van der Waals surface area contributed by atoms with Crippen LogP contribution in [0.25, 0.3) is 5.82 Å². The van der Waals surface area contributed by atoms with Crippen LogP contribution >= 0.6 is 11.6 Å². The molecule has 0 amide bonds. The van der Waals surface area contributed by atoms with Crippen LogP contribution in [0.2, 0.25) is 5.15 Å². The van der Waals surface area contributed by atoms with Gasteiger partial charge in [-0.3, -0.25) is 4.57 Å². The molecule has 5 nitrogen and oxygen atoms in total. The molecule has 13 heavy (non-hydrogen) atoms. The van der Waals surface area contributed by atoms with Gasteiger partial charge in [0.25, 0.3) is 0 Å². The molecule has 0 aromatic carbocycles. The third-order valence-corrected chi connectivity index (χ3v) is 1.66. The highest BCUT2D eigenvalue weighted by atomic mass is 35.5. The first-order valence-electron chi connectivity index (χ1n) is 3.54. The Hall–Kier alpha value is -1.62. The normalized spacial score (nSPS) is 10.2. The maximum atomic E-state index is 5.70. The first kappa shape index (κ1) is 8.00. The Balaban J connectivity index is 2.53. The monoisotopic (exact) mass is 195 g/mol. The van der Waals surface area contributed by atoms with E-state index in [9.17, 15) is 0 Å². The Kier molecular flexibility index (Phi) is 1.86. The number of hydrogen-bond acceptors (Lipinski definition) is 4. The van der Waals surface area contributed by atoms with E-state index in [1.807, 2.05) is 0 Å². The highest BCUT2D eigenvalue weighted by molar-refractivity contribution is 6.29. The second-order valence-corrected chi connectivity index (χ2v) is 2.76. The fraction of sp³-hybridized carbons (Fsp3) is 0. The summed E-state index contributed by atoms with van der Waals surface area (Å²) in [5.41, 5.74) is 5.43. The third kappa shape index (κ3) is 1.59. The van der Waals surface area contributed by atoms with Gasteiger partial charge in [0.1, 0.15) is 17.3 Å². The molecule has 2 aromatic rings. The number of nitrogens with two attached hydrogens (primary N) is 1. The molecule has 0 saturated carbocycles. The highest BCUT2D eigenvalue weighted by Gasteiger charge is 2.01. The summed E-state index contributed by atoms with van der Waals surface area (Å²) in [6, 6.07) is 1.61. The summed E-state index contributed by atoms with van der Waals surface area (Å²) >= 11 is 5.70. The van der Waals surface area contributed by atoms with E-state index in [-0.39, 0.29) is 5.95 Å². The Morgan fingerprint density at radius 2 is 2.23 bits per heavy atom. The maximum Gasteiger partial charge on any atom is 0.223 e. The lowest BCUT2D eigenvalue weighted by Crippen LogP contribution is -2.01. The first-order chi connectivity index (χ1) is 6.25. The van der Waals surface area contributed by atoms with Crippen molar-refractivity contribution in [2.24, 2.45) is 0 Å². The molecule has 66 valence electrons. The lowest BCUT2D eigenvalue weighted by Gasteiger charge is -2.01. The van der Waals surface area contributed by atoms with Crippen LogP contribution in [0.4, 0.5) is 5.95 Å². The quantitative estimate of drug-likeness (QED) is 0.687. The first-order valence-corrected chi connectivity index (χ1v) is 3.92. The fourth-order valence-electron chi connectivity index (χ4n) is 0.950. The number of nitrogen functional groups attached to an aromatic ring is 1. The highest BCUT2D eigenvalue weighted by Crippen LogP contribution is 2.11. The summed E-state index contributed by atoms with van der Waals surface area (Å²) in [6.07, 6.45) is 5.00. The molecule has 2 aromatic heterocycles. The summed E-state index contributed by atoms with van der Waals surface area (Å²) in [5.74, 6) is 0.756. The molecule has 0 saturated heterocycles. The summed E-state index contributed by atoms with van der Waals surface area (Å²) in [5, 5.41) is 0.316. The molecule has 0 aliphatic carbocycles. The van der Waals surface area contributed by atoms with Crippen molar-refractivity contribution in [3.05, 3.63) is 29.9 Å². The lowest BCUT2D eigenvalue weighted by atomic mass is 10.5. The van der Waals surface area contributed by atoms with E-state index >= 15 is 0 Å². The molecule has 0 aliphatic heterocycles. The molecule has 0 bridgehead atoms. The third-order valence-electron chi connectivity index (χ3n) is 1.47. The van der Waals surface area contributed by atoms with Crippen molar-refractivity contribution in [1.29, 1.82) is 0 Å². The summed E-state index contributed by atoms with van der Waals surface area (Å²) < 4.78 is 1.70. The smallest absolute Gasteiger partial charge is 0.223 e. The van der Waals surface area contributed by atoms with E-state index in [4.69, 9.17) is 17.3 Å². The van der Waals surface area contributed by atoms with E-state index in [0.717, 1.165) is 0 Å². The Morgan fingerprint density at radius 3 is 2.85 bits per heavy atom. The van der Waals surface area contributed by atoms with Crippen molar-refractivity contribution in [1.82, 2.24) is 19.5 Å². The Bertz CT molecular complexity index is 391. The fourth-order valence-corrected chi connectivity index (χ4v) is 1.13. The Morgan fingerprint density at radius 1 is 1.38 bits per heavy atom. The van der Waals surface area contributed by atoms with Gasteiger partial charge in [0, 0.05) is 18.5 Å². The molecule has 2 heterocycles. The van der Waals surface area contributed by atoms with Gasteiger partial charge in [0.05, 0.1) is 0 Å². The standard InChI is InChI=1S/C7H6ClN5/c8-5-3-6(12-7(9)11-5)13-2-1-10-4-13/h1-4H,(H2,9,11,12). The largest absolute Gasteiger partial charge is 0.368 e. The number of nitrogens with zero attached hydrogens (tertiary/aromatic N) is 4. The van der Waals surface area contributed by atoms with Crippen LogP contribution in [0.5, 0.6) is 0 Å². The SMILES string of the molecule is Nc1nc(Cl)cc(-n2ccnc2)n1. The van der Waals surface area contributed by atoms with E-state index in [2.05, 4.69) is 15.0 Å². The summed E-state index contributed by atoms with van der Waals surface area (Å²) in [4.78, 5) is 11.6. The van der Waals surface area contributed by atoms with Gasteiger partial charge in [-0.1, -0.05) is 11.6 Å². The number of halogens is 1. The van der Waals surface area contributed by atoms with Crippen molar-refractivity contribution in [2.75, 3.05) is 5.73 Å².